The van der Waals surface area contributed by atoms with E-state index in [1.165, 1.54) is 58.2 Å². The lowest BCUT2D eigenvalue weighted by molar-refractivity contribution is 0.281. The molecule has 0 bridgehead atoms. The van der Waals surface area contributed by atoms with Gasteiger partial charge in [-0.2, -0.15) is 0 Å². The number of hydrogen-bond acceptors (Lipinski definition) is 2. The van der Waals surface area contributed by atoms with E-state index in [4.69, 9.17) is 0 Å². The molecule has 2 heteroatoms. The maximum absolute atomic E-state index is 3.66. The summed E-state index contributed by atoms with van der Waals surface area (Å²) in [6.45, 7) is 3.66. The molecule has 0 aromatic carbocycles. The molecule has 1 atom stereocenters. The molecular weight excluding hydrogens is 160 g/mol. The van der Waals surface area contributed by atoms with Gasteiger partial charge in [0.25, 0.3) is 0 Å². The highest BCUT2D eigenvalue weighted by molar-refractivity contribution is 4.76. The zero-order valence-electron chi connectivity index (χ0n) is 8.52. The number of rotatable bonds is 4. The number of nitrogens with one attached hydrogen (secondary N) is 2. The van der Waals surface area contributed by atoms with Crippen LogP contribution in [0.1, 0.15) is 38.5 Å². The van der Waals surface area contributed by atoms with Gasteiger partial charge in [-0.05, 0) is 38.3 Å². The van der Waals surface area contributed by atoms with E-state index < -0.39 is 0 Å². The molecule has 76 valence electrons. The number of piperidine rings is 1. The molecule has 0 amide bonds. The Morgan fingerprint density at radius 2 is 2.08 bits per heavy atom. The molecular formula is C11H22N2. The molecule has 0 aromatic heterocycles. The van der Waals surface area contributed by atoms with E-state index in [2.05, 4.69) is 10.6 Å². The van der Waals surface area contributed by atoms with E-state index in [0.717, 1.165) is 12.0 Å². The summed E-state index contributed by atoms with van der Waals surface area (Å²) < 4.78 is 0. The van der Waals surface area contributed by atoms with Crippen molar-refractivity contribution in [2.75, 3.05) is 19.6 Å². The molecule has 0 aromatic rings. The second-order valence-electron chi connectivity index (χ2n) is 4.58. The van der Waals surface area contributed by atoms with Crippen LogP contribution in [0.25, 0.3) is 0 Å². The molecule has 1 heterocycles. The molecule has 13 heavy (non-hydrogen) atoms. The first-order chi connectivity index (χ1) is 6.45. The van der Waals surface area contributed by atoms with Crippen LogP contribution in [0.5, 0.6) is 0 Å². The van der Waals surface area contributed by atoms with Gasteiger partial charge in [0.05, 0.1) is 0 Å². The minimum absolute atomic E-state index is 0.758. The third kappa shape index (κ3) is 2.96. The van der Waals surface area contributed by atoms with E-state index in [1.54, 1.807) is 0 Å². The Kier molecular flexibility index (Phi) is 3.62. The van der Waals surface area contributed by atoms with Crippen molar-refractivity contribution in [2.45, 2.75) is 44.6 Å². The van der Waals surface area contributed by atoms with Crippen LogP contribution in [-0.4, -0.2) is 25.7 Å². The Morgan fingerprint density at radius 1 is 1.15 bits per heavy atom. The maximum Gasteiger partial charge on any atom is 0.0192 e. The first-order valence-corrected chi connectivity index (χ1v) is 5.89. The first kappa shape index (κ1) is 9.47. The van der Waals surface area contributed by atoms with Crippen molar-refractivity contribution in [2.24, 2.45) is 5.92 Å². The molecule has 2 nitrogen and oxygen atoms in total. The summed E-state index contributed by atoms with van der Waals surface area (Å²) in [5.41, 5.74) is 0. The Morgan fingerprint density at radius 3 is 2.69 bits per heavy atom. The van der Waals surface area contributed by atoms with Crippen LogP contribution < -0.4 is 10.6 Å². The van der Waals surface area contributed by atoms with Crippen molar-refractivity contribution in [3.8, 4) is 0 Å². The van der Waals surface area contributed by atoms with E-state index in [1.807, 2.05) is 0 Å². The molecule has 0 radical (unpaired) electrons. The van der Waals surface area contributed by atoms with Crippen molar-refractivity contribution in [3.63, 3.8) is 0 Å². The summed E-state index contributed by atoms with van der Waals surface area (Å²) in [5, 5.41) is 7.10. The van der Waals surface area contributed by atoms with Crippen LogP contribution >= 0.6 is 0 Å². The molecule has 0 spiro atoms. The lowest BCUT2D eigenvalue weighted by Crippen LogP contribution is -2.43. The summed E-state index contributed by atoms with van der Waals surface area (Å²) in [7, 11) is 0. The Labute approximate surface area is 81.5 Å². The van der Waals surface area contributed by atoms with Crippen molar-refractivity contribution in [1.82, 2.24) is 10.6 Å². The van der Waals surface area contributed by atoms with Gasteiger partial charge in [-0.15, -0.1) is 0 Å². The van der Waals surface area contributed by atoms with Crippen molar-refractivity contribution in [1.29, 1.82) is 0 Å². The molecule has 1 saturated heterocycles. The van der Waals surface area contributed by atoms with Crippen molar-refractivity contribution >= 4 is 0 Å². The average molecular weight is 182 g/mol. The zero-order chi connectivity index (χ0) is 8.93. The fourth-order valence-corrected chi connectivity index (χ4v) is 2.30. The van der Waals surface area contributed by atoms with Crippen LogP contribution in [0, 0.1) is 5.92 Å². The summed E-state index contributed by atoms with van der Waals surface area (Å²) >= 11 is 0. The highest BCUT2D eigenvalue weighted by Crippen LogP contribution is 2.28. The molecule has 1 aliphatic heterocycles. The minimum Gasteiger partial charge on any atom is -0.315 e. The standard InChI is InChI=1S/C11H22N2/c1-3-10(4-1)6-8-13-11-5-2-7-12-9-11/h10-13H,1-9H2. The van der Waals surface area contributed by atoms with E-state index in [0.29, 0.717) is 0 Å². The Bertz CT molecular complexity index is 137. The smallest absolute Gasteiger partial charge is 0.0192 e. The van der Waals surface area contributed by atoms with E-state index in [-0.39, 0.29) is 0 Å². The SMILES string of the molecule is C1CC(CCNC2CCCNC2)C1. The highest BCUT2D eigenvalue weighted by atomic mass is 15.0. The van der Waals surface area contributed by atoms with Gasteiger partial charge in [0.1, 0.15) is 0 Å². The highest BCUT2D eigenvalue weighted by Gasteiger charge is 2.17. The van der Waals surface area contributed by atoms with Crippen LogP contribution in [0.3, 0.4) is 0 Å². The summed E-state index contributed by atoms with van der Waals surface area (Å²) in [6, 6.07) is 0.758. The predicted octanol–water partition coefficient (Wildman–Crippen LogP) is 1.52. The quantitative estimate of drug-likeness (QED) is 0.689. The van der Waals surface area contributed by atoms with Crippen LogP contribution in [0.2, 0.25) is 0 Å². The lowest BCUT2D eigenvalue weighted by atomic mass is 9.83. The van der Waals surface area contributed by atoms with Crippen molar-refractivity contribution < 1.29 is 0 Å². The fraction of sp³-hybridized carbons (Fsp3) is 1.00. The third-order valence-electron chi connectivity index (χ3n) is 3.51. The van der Waals surface area contributed by atoms with Crippen molar-refractivity contribution in [3.05, 3.63) is 0 Å². The largest absolute Gasteiger partial charge is 0.315 e. The summed E-state index contributed by atoms with van der Waals surface area (Å²) in [6.07, 6.45) is 8.60. The monoisotopic (exact) mass is 182 g/mol. The molecule has 1 unspecified atom stereocenters. The summed E-state index contributed by atoms with van der Waals surface area (Å²) in [5.74, 6) is 1.06. The summed E-state index contributed by atoms with van der Waals surface area (Å²) in [4.78, 5) is 0. The zero-order valence-corrected chi connectivity index (χ0v) is 8.52. The second-order valence-corrected chi connectivity index (χ2v) is 4.58. The average Bonchev–Trinajstić information content (AvgIpc) is 2.11. The molecule has 2 N–H and O–H groups in total. The van der Waals surface area contributed by atoms with Crippen LogP contribution in [-0.2, 0) is 0 Å². The topological polar surface area (TPSA) is 24.1 Å². The minimum atomic E-state index is 0.758. The molecule has 1 saturated carbocycles. The predicted molar refractivity (Wildman–Crippen MR) is 55.9 cm³/mol. The molecule has 2 rings (SSSR count). The molecule has 2 aliphatic rings. The Hall–Kier alpha value is -0.0800. The van der Waals surface area contributed by atoms with Gasteiger partial charge in [0.2, 0.25) is 0 Å². The van der Waals surface area contributed by atoms with Gasteiger partial charge < -0.3 is 10.6 Å². The molecule has 2 fully saturated rings. The van der Waals surface area contributed by atoms with Gasteiger partial charge in [-0.25, -0.2) is 0 Å². The van der Waals surface area contributed by atoms with Gasteiger partial charge in [0.15, 0.2) is 0 Å². The fourth-order valence-electron chi connectivity index (χ4n) is 2.30. The van der Waals surface area contributed by atoms with Gasteiger partial charge in [-0.1, -0.05) is 19.3 Å². The normalized spacial score (nSPS) is 30.0. The second kappa shape index (κ2) is 4.97. The first-order valence-electron chi connectivity index (χ1n) is 5.89. The lowest BCUT2D eigenvalue weighted by Gasteiger charge is -2.28. The van der Waals surface area contributed by atoms with Gasteiger partial charge in [-0.3, -0.25) is 0 Å². The molecule has 1 aliphatic carbocycles. The Balaban J connectivity index is 1.50. The third-order valence-corrected chi connectivity index (χ3v) is 3.51. The van der Waals surface area contributed by atoms with Crippen LogP contribution in [0.4, 0.5) is 0 Å². The number of hydrogen-bond donors (Lipinski definition) is 2. The van der Waals surface area contributed by atoms with Gasteiger partial charge in [0, 0.05) is 12.6 Å². The van der Waals surface area contributed by atoms with Crippen LogP contribution in [0.15, 0.2) is 0 Å². The van der Waals surface area contributed by atoms with E-state index >= 15 is 0 Å². The van der Waals surface area contributed by atoms with Gasteiger partial charge >= 0.3 is 0 Å². The maximum atomic E-state index is 3.66. The van der Waals surface area contributed by atoms with E-state index in [9.17, 15) is 0 Å².